The minimum Gasteiger partial charge on any atom is -0.393 e. The zero-order valence-corrected chi connectivity index (χ0v) is 9.78. The van der Waals surface area contributed by atoms with Crippen LogP contribution in [0.2, 0.25) is 0 Å². The van der Waals surface area contributed by atoms with Gasteiger partial charge in [0.2, 0.25) is 0 Å². The topological polar surface area (TPSA) is 18.5 Å². The molecule has 0 heterocycles. The predicted molar refractivity (Wildman–Crippen MR) is 59.9 cm³/mol. The summed E-state index contributed by atoms with van der Waals surface area (Å²) < 4.78 is 10.5. The smallest absolute Gasteiger partial charge is 0.393 e. The van der Waals surface area contributed by atoms with Crippen LogP contribution in [0.25, 0.3) is 6.08 Å². The van der Waals surface area contributed by atoms with Crippen LogP contribution < -0.4 is 0 Å². The van der Waals surface area contributed by atoms with Crippen molar-refractivity contribution >= 4 is 15.4 Å². The summed E-state index contributed by atoms with van der Waals surface area (Å²) in [7, 11) is 2.12. The Labute approximate surface area is 87.0 Å². The first-order valence-electron chi connectivity index (χ1n) is 4.46. The third-order valence-corrected chi connectivity index (χ3v) is 3.41. The molecule has 1 aromatic carbocycles. The van der Waals surface area contributed by atoms with Crippen LogP contribution >= 0.6 is 0 Å². The molecule has 2 nitrogen and oxygen atoms in total. The molecule has 0 spiro atoms. The van der Waals surface area contributed by atoms with Crippen LogP contribution in [0.15, 0.2) is 35.5 Å². The second-order valence-electron chi connectivity index (χ2n) is 2.93. The normalized spacial score (nSPS) is 12.1. The fourth-order valence-electron chi connectivity index (χ4n) is 1.26. The molecule has 1 radical (unpaired) electrons. The van der Waals surface area contributed by atoms with E-state index >= 15 is 0 Å². The van der Waals surface area contributed by atoms with E-state index in [4.69, 9.17) is 8.85 Å². The SMILES string of the molecule is CO[Si](OC)C(C)=Cc1ccccc1. The van der Waals surface area contributed by atoms with E-state index in [2.05, 4.69) is 18.2 Å². The van der Waals surface area contributed by atoms with Gasteiger partial charge in [0.05, 0.1) is 0 Å². The highest BCUT2D eigenvalue weighted by Crippen LogP contribution is 2.09. The minimum absolute atomic E-state index is 1.16. The first-order chi connectivity index (χ1) is 6.77. The summed E-state index contributed by atoms with van der Waals surface area (Å²) in [6.45, 7) is 2.04. The van der Waals surface area contributed by atoms with Crippen LogP contribution in [-0.4, -0.2) is 23.5 Å². The fraction of sp³-hybridized carbons (Fsp3) is 0.273. The van der Waals surface area contributed by atoms with Gasteiger partial charge in [0, 0.05) is 14.2 Å². The van der Waals surface area contributed by atoms with Gasteiger partial charge in [0.1, 0.15) is 0 Å². The van der Waals surface area contributed by atoms with E-state index in [1.54, 1.807) is 14.2 Å². The van der Waals surface area contributed by atoms with Gasteiger partial charge in [-0.15, -0.1) is 0 Å². The van der Waals surface area contributed by atoms with Crippen LogP contribution in [0, 0.1) is 0 Å². The van der Waals surface area contributed by atoms with Gasteiger partial charge >= 0.3 is 9.28 Å². The Morgan fingerprint density at radius 2 is 1.71 bits per heavy atom. The Kier molecular flexibility index (Phi) is 4.59. The molecule has 0 aromatic heterocycles. The van der Waals surface area contributed by atoms with Crippen molar-refractivity contribution in [1.82, 2.24) is 0 Å². The van der Waals surface area contributed by atoms with E-state index in [-0.39, 0.29) is 0 Å². The van der Waals surface area contributed by atoms with E-state index in [9.17, 15) is 0 Å². The van der Waals surface area contributed by atoms with Crippen molar-refractivity contribution in [1.29, 1.82) is 0 Å². The largest absolute Gasteiger partial charge is 0.418 e. The molecule has 1 rings (SSSR count). The molecule has 0 fully saturated rings. The molecule has 75 valence electrons. The van der Waals surface area contributed by atoms with Crippen LogP contribution in [0.3, 0.4) is 0 Å². The van der Waals surface area contributed by atoms with E-state index in [0.717, 1.165) is 5.20 Å². The number of hydrogen-bond acceptors (Lipinski definition) is 2. The number of benzene rings is 1. The lowest BCUT2D eigenvalue weighted by atomic mass is 10.2. The predicted octanol–water partition coefficient (Wildman–Crippen LogP) is 2.41. The highest BCUT2D eigenvalue weighted by atomic mass is 28.3. The Bertz CT molecular complexity index is 291. The molecule has 0 aliphatic carbocycles. The van der Waals surface area contributed by atoms with Gasteiger partial charge in [-0.1, -0.05) is 36.4 Å². The van der Waals surface area contributed by atoms with Crippen LogP contribution in [0.4, 0.5) is 0 Å². The third kappa shape index (κ3) is 3.10. The molecule has 1 aromatic rings. The Balaban J connectivity index is 2.77. The Morgan fingerprint density at radius 3 is 2.21 bits per heavy atom. The average molecular weight is 207 g/mol. The third-order valence-electron chi connectivity index (χ3n) is 1.88. The maximum absolute atomic E-state index is 5.24. The van der Waals surface area contributed by atoms with Crippen LogP contribution in [-0.2, 0) is 8.85 Å². The summed E-state index contributed by atoms with van der Waals surface area (Å²) in [5.41, 5.74) is 1.18. The molecule has 0 N–H and O–H groups in total. The van der Waals surface area contributed by atoms with E-state index in [1.165, 1.54) is 5.56 Å². The van der Waals surface area contributed by atoms with Crippen LogP contribution in [0.5, 0.6) is 0 Å². The molecule has 0 saturated heterocycles. The second-order valence-corrected chi connectivity index (χ2v) is 5.11. The number of hydrogen-bond donors (Lipinski definition) is 0. The van der Waals surface area contributed by atoms with Gasteiger partial charge < -0.3 is 8.85 Å². The van der Waals surface area contributed by atoms with E-state index in [0.29, 0.717) is 0 Å². The van der Waals surface area contributed by atoms with Gasteiger partial charge in [-0.05, 0) is 17.7 Å². The summed E-state index contributed by atoms with van der Waals surface area (Å²) in [4.78, 5) is 0. The molecule has 0 aliphatic heterocycles. The Hall–Kier alpha value is -0.903. The van der Waals surface area contributed by atoms with Gasteiger partial charge in [-0.3, -0.25) is 0 Å². The second kappa shape index (κ2) is 5.75. The van der Waals surface area contributed by atoms with Crippen molar-refractivity contribution in [3.8, 4) is 0 Å². The molecular formula is C11H15O2Si. The first-order valence-corrected chi connectivity index (χ1v) is 5.78. The lowest BCUT2D eigenvalue weighted by Gasteiger charge is -2.09. The molecule has 0 amide bonds. The molecule has 3 heteroatoms. The van der Waals surface area contributed by atoms with E-state index in [1.807, 2.05) is 25.1 Å². The Morgan fingerprint density at radius 1 is 1.14 bits per heavy atom. The molecule has 0 atom stereocenters. The molecule has 0 unspecified atom stereocenters. The molecule has 0 bridgehead atoms. The van der Waals surface area contributed by atoms with Crippen LogP contribution in [0.1, 0.15) is 12.5 Å². The monoisotopic (exact) mass is 207 g/mol. The quantitative estimate of drug-likeness (QED) is 0.706. The van der Waals surface area contributed by atoms with Crippen molar-refractivity contribution in [2.24, 2.45) is 0 Å². The molecule has 14 heavy (non-hydrogen) atoms. The minimum atomic E-state index is -1.24. The standard InChI is InChI=1S/C11H15O2Si/c1-10(14(12-2)13-3)9-11-7-5-4-6-8-11/h4-9H,1-3H3. The maximum atomic E-state index is 5.24. The lowest BCUT2D eigenvalue weighted by Crippen LogP contribution is -2.20. The van der Waals surface area contributed by atoms with Gasteiger partial charge in [0.25, 0.3) is 0 Å². The highest BCUT2D eigenvalue weighted by molar-refractivity contribution is 6.54. The molecule has 0 saturated carbocycles. The summed E-state index contributed by atoms with van der Waals surface area (Å²) in [5, 5.41) is 1.16. The maximum Gasteiger partial charge on any atom is 0.418 e. The number of rotatable bonds is 4. The van der Waals surface area contributed by atoms with E-state index < -0.39 is 9.28 Å². The zero-order valence-electron chi connectivity index (χ0n) is 8.78. The van der Waals surface area contributed by atoms with Gasteiger partial charge in [0.15, 0.2) is 0 Å². The zero-order chi connectivity index (χ0) is 10.4. The molecule has 0 aliphatic rings. The fourth-order valence-corrected chi connectivity index (χ4v) is 2.36. The summed E-state index contributed by atoms with van der Waals surface area (Å²) >= 11 is 0. The van der Waals surface area contributed by atoms with Crippen molar-refractivity contribution in [3.05, 3.63) is 41.1 Å². The van der Waals surface area contributed by atoms with Crippen molar-refractivity contribution in [2.75, 3.05) is 14.2 Å². The summed E-state index contributed by atoms with van der Waals surface area (Å²) in [5.74, 6) is 0. The van der Waals surface area contributed by atoms with Crippen molar-refractivity contribution in [3.63, 3.8) is 0 Å². The lowest BCUT2D eigenvalue weighted by molar-refractivity contribution is 0.287. The average Bonchev–Trinajstić information content (AvgIpc) is 2.21. The molecular weight excluding hydrogens is 192 g/mol. The number of allylic oxidation sites excluding steroid dienone is 1. The summed E-state index contributed by atoms with van der Waals surface area (Å²) in [6, 6.07) is 10.2. The first kappa shape index (κ1) is 11.2. The highest BCUT2D eigenvalue weighted by Gasteiger charge is 2.14. The van der Waals surface area contributed by atoms with Crippen molar-refractivity contribution < 1.29 is 8.85 Å². The van der Waals surface area contributed by atoms with Crippen molar-refractivity contribution in [2.45, 2.75) is 6.92 Å². The summed E-state index contributed by atoms with van der Waals surface area (Å²) in [6.07, 6.45) is 2.10. The van der Waals surface area contributed by atoms with Gasteiger partial charge in [-0.2, -0.15) is 0 Å². The van der Waals surface area contributed by atoms with Gasteiger partial charge in [-0.25, -0.2) is 0 Å².